The standard InChI is InChI=1S/C5H11NS2.C2H6/c1-3-6-5(7)8-4-2;1-2/h3-4H2,1-2H3,(H,6,7);1-2H3. The number of nitrogens with one attached hydrogen (secondary N) is 1. The summed E-state index contributed by atoms with van der Waals surface area (Å²) in [6.07, 6.45) is 0. The third-order valence-electron chi connectivity index (χ3n) is 0.597. The van der Waals surface area contributed by atoms with E-state index in [-0.39, 0.29) is 0 Å². The van der Waals surface area contributed by atoms with Crippen molar-refractivity contribution >= 4 is 28.3 Å². The molecule has 1 nitrogen and oxygen atoms in total. The Hall–Kier alpha value is 0.240. The number of thiocarbonyl (C=S) groups is 1. The van der Waals surface area contributed by atoms with Crippen molar-refractivity contribution in [3.63, 3.8) is 0 Å². The highest BCUT2D eigenvalue weighted by molar-refractivity contribution is 8.22. The maximum atomic E-state index is 4.90. The highest BCUT2D eigenvalue weighted by Gasteiger charge is 1.88. The van der Waals surface area contributed by atoms with E-state index in [1.807, 2.05) is 20.8 Å². The average Bonchev–Trinajstić information content (AvgIpc) is 1.93. The summed E-state index contributed by atoms with van der Waals surface area (Å²) in [4.78, 5) is 0. The van der Waals surface area contributed by atoms with Crippen molar-refractivity contribution < 1.29 is 0 Å². The largest absolute Gasteiger partial charge is 0.371 e. The van der Waals surface area contributed by atoms with Crippen molar-refractivity contribution in [3.8, 4) is 0 Å². The van der Waals surface area contributed by atoms with Gasteiger partial charge >= 0.3 is 0 Å². The van der Waals surface area contributed by atoms with Crippen LogP contribution in [0.3, 0.4) is 0 Å². The van der Waals surface area contributed by atoms with Gasteiger partial charge in [0.1, 0.15) is 4.32 Å². The predicted molar refractivity (Wildman–Crippen MR) is 55.8 cm³/mol. The summed E-state index contributed by atoms with van der Waals surface area (Å²) in [5.74, 6) is 1.06. The quantitative estimate of drug-likeness (QED) is 0.655. The predicted octanol–water partition coefficient (Wildman–Crippen LogP) is 2.66. The van der Waals surface area contributed by atoms with Crippen molar-refractivity contribution in [2.75, 3.05) is 12.3 Å². The Morgan fingerprint density at radius 1 is 1.40 bits per heavy atom. The zero-order valence-corrected chi connectivity index (χ0v) is 8.86. The maximum absolute atomic E-state index is 4.90. The molecule has 0 saturated heterocycles. The molecule has 0 fully saturated rings. The second-order valence-corrected chi connectivity index (χ2v) is 3.19. The van der Waals surface area contributed by atoms with Gasteiger partial charge in [-0.3, -0.25) is 0 Å². The lowest BCUT2D eigenvalue weighted by atomic mass is 10.8. The minimum atomic E-state index is 0.912. The van der Waals surface area contributed by atoms with Crippen LogP contribution in [-0.4, -0.2) is 16.6 Å². The van der Waals surface area contributed by atoms with E-state index in [1.54, 1.807) is 11.8 Å². The average molecular weight is 179 g/mol. The maximum Gasteiger partial charge on any atom is 0.133 e. The van der Waals surface area contributed by atoms with Gasteiger partial charge in [-0.25, -0.2) is 0 Å². The Bertz CT molecular complexity index is 66.0. The molecule has 0 aromatic carbocycles. The van der Waals surface area contributed by atoms with Crippen LogP contribution >= 0.6 is 24.0 Å². The van der Waals surface area contributed by atoms with Crippen LogP contribution in [-0.2, 0) is 0 Å². The third kappa shape index (κ3) is 11.1. The molecule has 0 rings (SSSR count). The Labute approximate surface area is 74.0 Å². The van der Waals surface area contributed by atoms with Crippen LogP contribution in [0, 0.1) is 0 Å². The van der Waals surface area contributed by atoms with Crippen molar-refractivity contribution in [2.45, 2.75) is 27.7 Å². The lowest BCUT2D eigenvalue weighted by Crippen LogP contribution is -2.16. The van der Waals surface area contributed by atoms with E-state index in [0.29, 0.717) is 0 Å². The van der Waals surface area contributed by atoms with Crippen LogP contribution in [0.2, 0.25) is 0 Å². The summed E-state index contributed by atoms with van der Waals surface area (Å²) in [6.45, 7) is 9.07. The van der Waals surface area contributed by atoms with Crippen LogP contribution < -0.4 is 5.32 Å². The molecule has 0 radical (unpaired) electrons. The Morgan fingerprint density at radius 3 is 2.20 bits per heavy atom. The zero-order valence-electron chi connectivity index (χ0n) is 7.23. The summed E-state index contributed by atoms with van der Waals surface area (Å²) < 4.78 is 0.912. The van der Waals surface area contributed by atoms with Crippen molar-refractivity contribution in [1.82, 2.24) is 5.32 Å². The van der Waals surface area contributed by atoms with Gasteiger partial charge in [-0.2, -0.15) is 0 Å². The number of hydrogen-bond acceptors (Lipinski definition) is 2. The molecule has 0 unspecified atom stereocenters. The van der Waals surface area contributed by atoms with Gasteiger partial charge in [0.2, 0.25) is 0 Å². The summed E-state index contributed by atoms with van der Waals surface area (Å²) in [5, 5.41) is 3.04. The molecule has 3 heteroatoms. The molecule has 0 bridgehead atoms. The minimum Gasteiger partial charge on any atom is -0.371 e. The van der Waals surface area contributed by atoms with E-state index in [2.05, 4.69) is 12.2 Å². The zero-order chi connectivity index (χ0) is 8.41. The first-order chi connectivity index (χ1) is 4.81. The van der Waals surface area contributed by atoms with Gasteiger partial charge in [0, 0.05) is 6.54 Å². The normalized spacial score (nSPS) is 7.60. The fraction of sp³-hybridized carbons (Fsp3) is 0.857. The monoisotopic (exact) mass is 179 g/mol. The summed E-state index contributed by atoms with van der Waals surface area (Å²) in [6, 6.07) is 0. The van der Waals surface area contributed by atoms with Crippen molar-refractivity contribution in [3.05, 3.63) is 0 Å². The number of hydrogen-bond donors (Lipinski definition) is 1. The fourth-order valence-corrected chi connectivity index (χ4v) is 1.33. The van der Waals surface area contributed by atoms with Gasteiger partial charge in [0.05, 0.1) is 0 Å². The molecule has 0 aliphatic rings. The first kappa shape index (κ1) is 12.9. The van der Waals surface area contributed by atoms with Crippen LogP contribution in [0.25, 0.3) is 0 Å². The molecule has 0 saturated carbocycles. The summed E-state index contributed by atoms with van der Waals surface area (Å²) in [7, 11) is 0. The van der Waals surface area contributed by atoms with Gasteiger partial charge in [-0.15, -0.1) is 0 Å². The minimum absolute atomic E-state index is 0.912. The van der Waals surface area contributed by atoms with E-state index in [9.17, 15) is 0 Å². The molecular weight excluding hydrogens is 162 g/mol. The third-order valence-corrected chi connectivity index (χ3v) is 1.79. The SMILES string of the molecule is CC.CCNC(=S)SCC. The van der Waals surface area contributed by atoms with Gasteiger partial charge in [-0.05, 0) is 12.7 Å². The molecule has 1 N–H and O–H groups in total. The highest BCUT2D eigenvalue weighted by atomic mass is 32.2. The second kappa shape index (κ2) is 12.0. The molecule has 0 aliphatic carbocycles. The van der Waals surface area contributed by atoms with Crippen molar-refractivity contribution in [1.29, 1.82) is 0 Å². The molecule has 10 heavy (non-hydrogen) atoms. The van der Waals surface area contributed by atoms with Crippen LogP contribution in [0.15, 0.2) is 0 Å². The second-order valence-electron chi connectivity index (χ2n) is 1.25. The first-order valence-electron chi connectivity index (χ1n) is 3.71. The molecule has 0 heterocycles. The Balaban J connectivity index is 0. The summed E-state index contributed by atoms with van der Waals surface area (Å²) in [5.41, 5.74) is 0. The fourth-order valence-electron chi connectivity index (χ4n) is 0.326. The molecule has 0 atom stereocenters. The smallest absolute Gasteiger partial charge is 0.133 e. The Kier molecular flexibility index (Phi) is 15.4. The topological polar surface area (TPSA) is 12.0 Å². The Morgan fingerprint density at radius 2 is 1.90 bits per heavy atom. The van der Waals surface area contributed by atoms with Gasteiger partial charge in [-0.1, -0.05) is 44.8 Å². The van der Waals surface area contributed by atoms with Crippen molar-refractivity contribution in [2.24, 2.45) is 0 Å². The first-order valence-corrected chi connectivity index (χ1v) is 5.11. The van der Waals surface area contributed by atoms with Crippen LogP contribution in [0.4, 0.5) is 0 Å². The van der Waals surface area contributed by atoms with Crippen LogP contribution in [0.1, 0.15) is 27.7 Å². The van der Waals surface area contributed by atoms with E-state index in [4.69, 9.17) is 12.2 Å². The van der Waals surface area contributed by atoms with Gasteiger partial charge in [0.15, 0.2) is 0 Å². The van der Waals surface area contributed by atoms with Crippen LogP contribution in [0.5, 0.6) is 0 Å². The van der Waals surface area contributed by atoms with E-state index < -0.39 is 0 Å². The van der Waals surface area contributed by atoms with Gasteiger partial charge in [0.25, 0.3) is 0 Å². The lowest BCUT2D eigenvalue weighted by molar-refractivity contribution is 0.995. The molecule has 0 amide bonds. The number of rotatable bonds is 2. The van der Waals surface area contributed by atoms with E-state index >= 15 is 0 Å². The molecule has 62 valence electrons. The lowest BCUT2D eigenvalue weighted by Gasteiger charge is -1.99. The van der Waals surface area contributed by atoms with E-state index in [1.165, 1.54) is 0 Å². The molecule has 0 aromatic heterocycles. The van der Waals surface area contributed by atoms with E-state index in [0.717, 1.165) is 16.6 Å². The van der Waals surface area contributed by atoms with Gasteiger partial charge < -0.3 is 5.32 Å². The molecule has 0 aromatic rings. The molecule has 0 spiro atoms. The molecular formula is C7H17NS2. The number of thioether (sulfide) groups is 1. The highest BCUT2D eigenvalue weighted by Crippen LogP contribution is 1.98. The molecule has 0 aliphatic heterocycles. The summed E-state index contributed by atoms with van der Waals surface area (Å²) >= 11 is 6.58.